The molecule has 0 spiro atoms. The summed E-state index contributed by atoms with van der Waals surface area (Å²) in [4.78, 5) is 12.0. The molecular formula is C15H9NO2. The number of benzene rings is 2. The highest BCUT2D eigenvalue weighted by atomic mass is 16.3. The molecule has 0 amide bonds. The fraction of sp³-hybridized carbons (Fsp3) is 0. The lowest BCUT2D eigenvalue weighted by Crippen LogP contribution is -2.02. The van der Waals surface area contributed by atoms with Gasteiger partial charge in [0.05, 0.1) is 11.0 Å². The van der Waals surface area contributed by atoms with E-state index in [1.165, 1.54) is 0 Å². The van der Waals surface area contributed by atoms with Crippen LogP contribution >= 0.6 is 0 Å². The number of pyridine rings is 1. The fourth-order valence-electron chi connectivity index (χ4n) is 2.41. The van der Waals surface area contributed by atoms with Crippen molar-refractivity contribution >= 4 is 27.7 Å². The number of para-hydroxylation sites is 3. The molecule has 0 aliphatic rings. The van der Waals surface area contributed by atoms with Crippen LogP contribution in [0.25, 0.3) is 27.7 Å². The summed E-state index contributed by atoms with van der Waals surface area (Å²) < 4.78 is 7.68. The molecule has 3 heteroatoms. The minimum Gasteiger partial charge on any atom is -0.438 e. The van der Waals surface area contributed by atoms with Crippen molar-refractivity contribution in [3.05, 3.63) is 64.8 Å². The summed E-state index contributed by atoms with van der Waals surface area (Å²) in [6.45, 7) is 0. The van der Waals surface area contributed by atoms with E-state index in [-0.39, 0.29) is 5.43 Å². The van der Waals surface area contributed by atoms with Gasteiger partial charge in [-0.25, -0.2) is 0 Å². The largest absolute Gasteiger partial charge is 0.438 e. The van der Waals surface area contributed by atoms with Gasteiger partial charge in [-0.1, -0.05) is 24.3 Å². The summed E-state index contributed by atoms with van der Waals surface area (Å²) in [6.07, 6.45) is 0. The second-order valence-corrected chi connectivity index (χ2v) is 4.27. The van der Waals surface area contributed by atoms with E-state index < -0.39 is 0 Å². The molecule has 0 unspecified atom stereocenters. The Balaban J connectivity index is 2.43. The fourth-order valence-corrected chi connectivity index (χ4v) is 2.41. The molecule has 4 aromatic rings. The second kappa shape index (κ2) is 3.23. The van der Waals surface area contributed by atoms with Crippen molar-refractivity contribution in [3.8, 4) is 0 Å². The zero-order valence-corrected chi connectivity index (χ0v) is 9.46. The highest BCUT2D eigenvalue weighted by Crippen LogP contribution is 2.23. The Morgan fingerprint density at radius 2 is 1.61 bits per heavy atom. The molecular weight excluding hydrogens is 226 g/mol. The minimum absolute atomic E-state index is 0.00958. The van der Waals surface area contributed by atoms with E-state index in [1.807, 2.05) is 52.9 Å². The van der Waals surface area contributed by atoms with Gasteiger partial charge in [0.1, 0.15) is 0 Å². The average Bonchev–Trinajstić information content (AvgIpc) is 2.77. The van der Waals surface area contributed by atoms with Crippen LogP contribution in [-0.4, -0.2) is 4.40 Å². The smallest absolute Gasteiger partial charge is 0.209 e. The molecule has 0 saturated carbocycles. The molecule has 2 aromatic carbocycles. The summed E-state index contributed by atoms with van der Waals surface area (Å²) in [5.74, 6) is 0. The van der Waals surface area contributed by atoms with Gasteiger partial charge >= 0.3 is 0 Å². The summed E-state index contributed by atoms with van der Waals surface area (Å²) in [7, 11) is 0. The number of fused-ring (bicyclic) bond motifs is 5. The third-order valence-electron chi connectivity index (χ3n) is 3.21. The van der Waals surface area contributed by atoms with Gasteiger partial charge in [0.15, 0.2) is 11.0 Å². The van der Waals surface area contributed by atoms with Crippen molar-refractivity contribution in [2.24, 2.45) is 0 Å². The van der Waals surface area contributed by atoms with Crippen LogP contribution in [0.5, 0.6) is 0 Å². The van der Waals surface area contributed by atoms with Crippen LogP contribution in [0.15, 0.2) is 63.8 Å². The van der Waals surface area contributed by atoms with Gasteiger partial charge < -0.3 is 4.42 Å². The van der Waals surface area contributed by atoms with Crippen molar-refractivity contribution in [1.82, 2.24) is 4.40 Å². The second-order valence-electron chi connectivity index (χ2n) is 4.27. The maximum Gasteiger partial charge on any atom is 0.209 e. The zero-order valence-electron chi connectivity index (χ0n) is 9.46. The van der Waals surface area contributed by atoms with Crippen LogP contribution in [0.3, 0.4) is 0 Å². The molecule has 0 atom stereocenters. The minimum atomic E-state index is -0.00958. The summed E-state index contributed by atoms with van der Waals surface area (Å²) in [5, 5.41) is 0.710. The van der Waals surface area contributed by atoms with Crippen LogP contribution in [0.2, 0.25) is 0 Å². The number of nitrogens with zero attached hydrogens (tertiary/aromatic N) is 1. The lowest BCUT2D eigenvalue weighted by atomic mass is 10.2. The molecule has 2 aromatic heterocycles. The van der Waals surface area contributed by atoms with Crippen molar-refractivity contribution in [1.29, 1.82) is 0 Å². The van der Waals surface area contributed by atoms with E-state index in [4.69, 9.17) is 4.42 Å². The number of aromatic nitrogens is 1. The molecule has 4 rings (SSSR count). The number of hydrogen-bond acceptors (Lipinski definition) is 2. The molecule has 0 saturated heterocycles. The van der Waals surface area contributed by atoms with Gasteiger partial charge in [-0.15, -0.1) is 0 Å². The molecule has 0 aliphatic carbocycles. The summed E-state index contributed by atoms with van der Waals surface area (Å²) in [5.41, 5.74) is 3.21. The first-order chi connectivity index (χ1) is 8.84. The quantitative estimate of drug-likeness (QED) is 0.469. The van der Waals surface area contributed by atoms with Crippen LogP contribution in [0.4, 0.5) is 0 Å². The van der Waals surface area contributed by atoms with Gasteiger partial charge in [-0.2, -0.15) is 0 Å². The Morgan fingerprint density at radius 3 is 2.50 bits per heavy atom. The average molecular weight is 235 g/mol. The molecule has 3 nitrogen and oxygen atoms in total. The Labute approximate surface area is 102 Å². The molecule has 18 heavy (non-hydrogen) atoms. The van der Waals surface area contributed by atoms with Gasteiger partial charge in [-0.3, -0.25) is 9.20 Å². The Morgan fingerprint density at radius 1 is 0.889 bits per heavy atom. The molecule has 0 aliphatic heterocycles. The van der Waals surface area contributed by atoms with Crippen LogP contribution in [0.1, 0.15) is 0 Å². The van der Waals surface area contributed by atoms with Crippen molar-refractivity contribution in [3.63, 3.8) is 0 Å². The topological polar surface area (TPSA) is 34.6 Å². The van der Waals surface area contributed by atoms with E-state index in [0.717, 1.165) is 16.6 Å². The van der Waals surface area contributed by atoms with Crippen LogP contribution in [0, 0.1) is 0 Å². The maximum atomic E-state index is 12.0. The SMILES string of the molecule is O=c1cc2oc3ccccc3n2c2ccccc12. The van der Waals surface area contributed by atoms with E-state index in [1.54, 1.807) is 6.07 Å². The molecule has 0 N–H and O–H groups in total. The van der Waals surface area contributed by atoms with Crippen molar-refractivity contribution in [2.75, 3.05) is 0 Å². The van der Waals surface area contributed by atoms with Gasteiger partial charge in [-0.05, 0) is 24.3 Å². The molecule has 0 bridgehead atoms. The molecule has 2 heterocycles. The highest BCUT2D eigenvalue weighted by molar-refractivity contribution is 5.88. The van der Waals surface area contributed by atoms with Gasteiger partial charge in [0, 0.05) is 11.5 Å². The lowest BCUT2D eigenvalue weighted by molar-refractivity contribution is 0.655. The first kappa shape index (κ1) is 9.48. The van der Waals surface area contributed by atoms with Crippen molar-refractivity contribution < 1.29 is 4.42 Å². The highest BCUT2D eigenvalue weighted by Gasteiger charge is 2.09. The Kier molecular flexibility index (Phi) is 1.70. The molecule has 0 fully saturated rings. The Bertz CT molecular complexity index is 947. The van der Waals surface area contributed by atoms with Crippen LogP contribution in [-0.2, 0) is 0 Å². The molecule has 86 valence electrons. The number of rotatable bonds is 0. The predicted molar refractivity (Wildman–Crippen MR) is 70.9 cm³/mol. The number of oxazole rings is 1. The van der Waals surface area contributed by atoms with Gasteiger partial charge in [0.25, 0.3) is 0 Å². The third kappa shape index (κ3) is 1.10. The predicted octanol–water partition coefficient (Wildman–Crippen LogP) is 3.20. The van der Waals surface area contributed by atoms with Crippen LogP contribution < -0.4 is 5.43 Å². The number of hydrogen-bond donors (Lipinski definition) is 0. The monoisotopic (exact) mass is 235 g/mol. The standard InChI is InChI=1S/C15H9NO2/c17-13-9-15-16(11-6-2-1-5-10(11)13)12-7-3-4-8-14(12)18-15/h1-9H. The normalized spacial score (nSPS) is 11.6. The zero-order chi connectivity index (χ0) is 12.1. The van der Waals surface area contributed by atoms with E-state index in [9.17, 15) is 4.79 Å². The first-order valence-corrected chi connectivity index (χ1v) is 5.77. The summed E-state index contributed by atoms with van der Waals surface area (Å²) >= 11 is 0. The molecule has 0 radical (unpaired) electrons. The van der Waals surface area contributed by atoms with E-state index in [2.05, 4.69) is 0 Å². The lowest BCUT2D eigenvalue weighted by Gasteiger charge is -2.00. The third-order valence-corrected chi connectivity index (χ3v) is 3.21. The van der Waals surface area contributed by atoms with E-state index >= 15 is 0 Å². The van der Waals surface area contributed by atoms with Gasteiger partial charge in [0.2, 0.25) is 5.71 Å². The van der Waals surface area contributed by atoms with Crippen molar-refractivity contribution in [2.45, 2.75) is 0 Å². The van der Waals surface area contributed by atoms with E-state index in [0.29, 0.717) is 11.1 Å². The summed E-state index contributed by atoms with van der Waals surface area (Å²) in [6, 6.07) is 16.9. The maximum absolute atomic E-state index is 12.0. The Hall–Kier alpha value is -2.55. The first-order valence-electron chi connectivity index (χ1n) is 5.77.